The van der Waals surface area contributed by atoms with Crippen molar-refractivity contribution < 1.29 is 8.83 Å². The lowest BCUT2D eigenvalue weighted by molar-refractivity contribution is 0.668. The molecular formula is C136H88N4O2. The van der Waals surface area contributed by atoms with Gasteiger partial charge in [0.05, 0.1) is 27.8 Å². The average Bonchev–Trinajstić information content (AvgIpc) is 1.64. The van der Waals surface area contributed by atoms with Crippen LogP contribution in [0.4, 0.5) is 34.1 Å². The van der Waals surface area contributed by atoms with E-state index >= 15 is 0 Å². The highest BCUT2D eigenvalue weighted by molar-refractivity contribution is 6.16. The summed E-state index contributed by atoms with van der Waals surface area (Å²) in [4.78, 5) is 4.75. The summed E-state index contributed by atoms with van der Waals surface area (Å²) in [5.74, 6) is 0. The number of hydrogen-bond donors (Lipinski definition) is 0. The predicted octanol–water partition coefficient (Wildman–Crippen LogP) is 38.3. The maximum atomic E-state index is 6.30. The highest BCUT2D eigenvalue weighted by atomic mass is 16.3. The number of aromatic nitrogens is 2. The second-order valence-electron chi connectivity index (χ2n) is 36.9. The fraction of sp³-hybridized carbons (Fsp3) is 0. The zero-order valence-corrected chi connectivity index (χ0v) is 77.4. The summed E-state index contributed by atoms with van der Waals surface area (Å²) in [7, 11) is 0. The second-order valence-corrected chi connectivity index (χ2v) is 36.9. The topological polar surface area (TPSA) is 42.6 Å². The number of anilines is 6. The van der Waals surface area contributed by atoms with Crippen LogP contribution in [0.3, 0.4) is 0 Å². The number of fused-ring (bicyclic) bond motifs is 18. The van der Waals surface area contributed by atoms with Crippen molar-refractivity contribution in [3.8, 4) is 100 Å². The van der Waals surface area contributed by atoms with Crippen molar-refractivity contribution in [2.75, 3.05) is 9.80 Å². The summed E-state index contributed by atoms with van der Waals surface area (Å²) in [6.45, 7) is 0. The molecule has 0 bridgehead atoms. The van der Waals surface area contributed by atoms with E-state index in [-0.39, 0.29) is 0 Å². The van der Waals surface area contributed by atoms with Crippen LogP contribution in [0.5, 0.6) is 0 Å². The molecule has 0 saturated heterocycles. The van der Waals surface area contributed by atoms with E-state index in [2.05, 4.69) is 529 Å². The number of para-hydroxylation sites is 7. The lowest BCUT2D eigenvalue weighted by atomic mass is 9.93. The van der Waals surface area contributed by atoms with Gasteiger partial charge in [-0.15, -0.1) is 0 Å². The summed E-state index contributed by atoms with van der Waals surface area (Å²) < 4.78 is 17.3. The van der Waals surface area contributed by atoms with E-state index in [0.717, 1.165) is 128 Å². The van der Waals surface area contributed by atoms with Gasteiger partial charge in [0.1, 0.15) is 22.3 Å². The van der Waals surface area contributed by atoms with Crippen LogP contribution in [0, 0.1) is 0 Å². The van der Waals surface area contributed by atoms with Crippen LogP contribution in [-0.2, 0) is 0 Å². The van der Waals surface area contributed by atoms with E-state index in [1.807, 2.05) is 24.3 Å². The molecule has 0 spiro atoms. The van der Waals surface area contributed by atoms with Gasteiger partial charge in [-0.2, -0.15) is 0 Å². The molecule has 4 aromatic heterocycles. The molecule has 28 aromatic rings. The standard InChI is InChI=1S/2C68H44N2O/c1-2-15-57-48(12-1)24-25-52-43-53(33-40-58(52)57)59-16-3-7-20-64(59)69(55-36-28-47(29-37-55)51-32-41-63-62-19-6-10-23-67(62)71-68(63)44-51)54-34-26-45(27-35-54)49-13-11-14-50(42-49)46-30-38-56(39-31-46)70-65-21-8-4-17-60(65)61-18-5-9-22-66(61)70;1-2-15-57-52(12-1)43-64(59-17-4-3-16-58(57)59)48-30-39-55(40-31-48)69(54-35-26-47(27-36-54)51-32-41-63-62-20-7-10-23-67(62)71-68(63)44-51)53-33-24-45(25-34-53)49-13-11-14-50(42-49)46-28-37-56(38-29-46)70-65-21-8-5-18-60(65)61-19-6-9-22-66(61)70/h2*1-44H. The Morgan fingerprint density at radius 1 is 0.141 bits per heavy atom. The van der Waals surface area contributed by atoms with Crippen LogP contribution < -0.4 is 9.80 Å². The Bertz CT molecular complexity index is 9660. The van der Waals surface area contributed by atoms with Gasteiger partial charge in [0.25, 0.3) is 0 Å². The number of furan rings is 2. The number of hydrogen-bond acceptors (Lipinski definition) is 4. The Labute approximate surface area is 820 Å². The smallest absolute Gasteiger partial charge is 0.136 e. The van der Waals surface area contributed by atoms with Crippen molar-refractivity contribution >= 4 is 165 Å². The van der Waals surface area contributed by atoms with Gasteiger partial charge < -0.3 is 27.8 Å². The minimum atomic E-state index is 0.894. The van der Waals surface area contributed by atoms with Crippen molar-refractivity contribution in [2.24, 2.45) is 0 Å². The molecule has 0 N–H and O–H groups in total. The Kier molecular flexibility index (Phi) is 20.2. The minimum absolute atomic E-state index is 0.894. The molecule has 4 heterocycles. The van der Waals surface area contributed by atoms with Crippen molar-refractivity contribution in [1.29, 1.82) is 0 Å². The lowest BCUT2D eigenvalue weighted by Crippen LogP contribution is -2.11. The van der Waals surface area contributed by atoms with Crippen molar-refractivity contribution in [3.05, 3.63) is 534 Å². The molecule has 0 radical (unpaired) electrons. The van der Waals surface area contributed by atoms with Crippen LogP contribution in [-0.4, -0.2) is 9.13 Å². The normalized spacial score (nSPS) is 11.7. The summed E-state index contributed by atoms with van der Waals surface area (Å²) in [5, 5.41) is 19.6. The molecule has 664 valence electrons. The molecule has 6 nitrogen and oxygen atoms in total. The molecule has 142 heavy (non-hydrogen) atoms. The summed E-state index contributed by atoms with van der Waals surface area (Å²) in [6, 6.07) is 193. The van der Waals surface area contributed by atoms with Gasteiger partial charge in [-0.25, -0.2) is 0 Å². The Morgan fingerprint density at radius 2 is 0.430 bits per heavy atom. The quantitative estimate of drug-likeness (QED) is 0.0904. The first-order chi connectivity index (χ1) is 70.4. The fourth-order valence-corrected chi connectivity index (χ4v) is 21.8. The molecule has 0 fully saturated rings. The fourth-order valence-electron chi connectivity index (χ4n) is 21.8. The highest BCUT2D eigenvalue weighted by Gasteiger charge is 2.24. The SMILES string of the molecule is c1cc(-c2ccc(N(c3ccc(-c4ccc5c(c4)oc4ccccc45)cc3)c3ccc(-c4cc5ccccc5c5ccccc45)cc3)cc2)cc(-c2ccc(-n3c4ccccc4c4ccccc43)cc2)c1.c1cc(-c2ccc(N(c3ccc(-c4ccc5c(c4)oc4ccccc45)cc3)c3ccccc3-c3ccc4c(ccc5ccccc54)c3)cc2)cc(-c2ccc(-n3c4ccccc4c4ccccc43)cc2)c1. The third-order valence-electron chi connectivity index (χ3n) is 28.8. The van der Waals surface area contributed by atoms with E-state index in [1.54, 1.807) is 0 Å². The monoisotopic (exact) mass is 1810 g/mol. The maximum absolute atomic E-state index is 6.30. The van der Waals surface area contributed by atoms with Gasteiger partial charge in [0.15, 0.2) is 0 Å². The lowest BCUT2D eigenvalue weighted by Gasteiger charge is -2.28. The largest absolute Gasteiger partial charge is 0.456 e. The molecule has 0 aliphatic carbocycles. The van der Waals surface area contributed by atoms with E-state index in [9.17, 15) is 0 Å². The molecule has 0 aliphatic rings. The van der Waals surface area contributed by atoms with E-state index in [4.69, 9.17) is 8.83 Å². The first-order valence-electron chi connectivity index (χ1n) is 48.6. The first kappa shape index (κ1) is 82.6. The Morgan fingerprint density at radius 3 is 0.873 bits per heavy atom. The zero-order chi connectivity index (χ0) is 93.7. The predicted molar refractivity (Wildman–Crippen MR) is 599 cm³/mol. The molecule has 0 amide bonds. The zero-order valence-electron chi connectivity index (χ0n) is 77.4. The molecule has 0 atom stereocenters. The molecule has 0 unspecified atom stereocenters. The van der Waals surface area contributed by atoms with E-state index in [1.165, 1.54) is 137 Å². The minimum Gasteiger partial charge on any atom is -0.456 e. The van der Waals surface area contributed by atoms with Gasteiger partial charge in [-0.3, -0.25) is 0 Å². The van der Waals surface area contributed by atoms with Gasteiger partial charge in [0, 0.05) is 88.5 Å². The van der Waals surface area contributed by atoms with Crippen LogP contribution in [0.25, 0.3) is 231 Å². The number of nitrogens with zero attached hydrogens (tertiary/aromatic N) is 4. The van der Waals surface area contributed by atoms with Gasteiger partial charge in [-0.1, -0.05) is 358 Å². The van der Waals surface area contributed by atoms with Crippen LogP contribution in [0.15, 0.2) is 543 Å². The summed E-state index contributed by atoms with van der Waals surface area (Å²) >= 11 is 0. The number of benzene rings is 24. The molecule has 28 rings (SSSR count). The van der Waals surface area contributed by atoms with Crippen LogP contribution in [0.2, 0.25) is 0 Å². The van der Waals surface area contributed by atoms with Gasteiger partial charge in [-0.05, 0) is 302 Å². The molecule has 0 aliphatic heterocycles. The molecular weight excluding hydrogens is 1720 g/mol. The molecule has 0 saturated carbocycles. The third-order valence-corrected chi connectivity index (χ3v) is 28.8. The van der Waals surface area contributed by atoms with Gasteiger partial charge >= 0.3 is 0 Å². The van der Waals surface area contributed by atoms with Gasteiger partial charge in [0.2, 0.25) is 0 Å². The third kappa shape index (κ3) is 14.7. The highest BCUT2D eigenvalue weighted by Crippen LogP contribution is 2.48. The first-order valence-corrected chi connectivity index (χ1v) is 48.6. The summed E-state index contributed by atoms with van der Waals surface area (Å²) in [6.07, 6.45) is 0. The number of rotatable bonds is 16. The maximum Gasteiger partial charge on any atom is 0.136 e. The van der Waals surface area contributed by atoms with Crippen molar-refractivity contribution in [2.45, 2.75) is 0 Å². The average molecular weight is 1810 g/mol. The Balaban J connectivity index is 0.000000142. The van der Waals surface area contributed by atoms with Crippen molar-refractivity contribution in [3.63, 3.8) is 0 Å². The molecule has 6 heteroatoms. The van der Waals surface area contributed by atoms with E-state index < -0.39 is 0 Å². The van der Waals surface area contributed by atoms with E-state index in [0.29, 0.717) is 0 Å². The Hall–Kier alpha value is -18.9. The second kappa shape index (κ2) is 34.7. The van der Waals surface area contributed by atoms with Crippen LogP contribution >= 0.6 is 0 Å². The van der Waals surface area contributed by atoms with Crippen LogP contribution in [0.1, 0.15) is 0 Å². The summed E-state index contributed by atoms with van der Waals surface area (Å²) in [5.41, 5.74) is 35.8. The van der Waals surface area contributed by atoms with Crippen molar-refractivity contribution in [1.82, 2.24) is 9.13 Å². The molecule has 24 aromatic carbocycles.